The van der Waals surface area contributed by atoms with Gasteiger partial charge < -0.3 is 10.1 Å². The zero-order valence-electron chi connectivity index (χ0n) is 8.50. The molecule has 2 heteroatoms. The SMILES string of the molecule is CCNc1ccccc1OC(C)C. The van der Waals surface area contributed by atoms with Crippen LogP contribution in [-0.2, 0) is 0 Å². The van der Waals surface area contributed by atoms with E-state index in [4.69, 9.17) is 4.74 Å². The fourth-order valence-electron chi connectivity index (χ4n) is 1.16. The number of anilines is 1. The predicted molar refractivity (Wildman–Crippen MR) is 56.4 cm³/mol. The molecule has 0 amide bonds. The highest BCUT2D eigenvalue weighted by molar-refractivity contribution is 5.56. The normalized spacial score (nSPS) is 10.2. The second-order valence-electron chi connectivity index (χ2n) is 3.19. The first-order valence-corrected chi connectivity index (χ1v) is 4.73. The molecular formula is C11H17NO. The lowest BCUT2D eigenvalue weighted by atomic mass is 10.3. The van der Waals surface area contributed by atoms with E-state index in [-0.39, 0.29) is 6.10 Å². The molecule has 0 atom stereocenters. The molecule has 0 aliphatic heterocycles. The maximum atomic E-state index is 5.64. The molecule has 0 aliphatic carbocycles. The van der Waals surface area contributed by atoms with E-state index in [2.05, 4.69) is 12.2 Å². The summed E-state index contributed by atoms with van der Waals surface area (Å²) in [7, 11) is 0. The molecule has 1 aromatic rings. The minimum Gasteiger partial charge on any atom is -0.489 e. The van der Waals surface area contributed by atoms with Gasteiger partial charge in [0, 0.05) is 6.54 Å². The molecule has 0 heterocycles. The predicted octanol–water partition coefficient (Wildman–Crippen LogP) is 2.91. The maximum absolute atomic E-state index is 5.64. The van der Waals surface area contributed by atoms with Crippen molar-refractivity contribution in [2.24, 2.45) is 0 Å². The van der Waals surface area contributed by atoms with Crippen LogP contribution in [0.1, 0.15) is 20.8 Å². The van der Waals surface area contributed by atoms with Crippen LogP contribution in [0.15, 0.2) is 24.3 Å². The van der Waals surface area contributed by atoms with Gasteiger partial charge in [-0.1, -0.05) is 12.1 Å². The quantitative estimate of drug-likeness (QED) is 0.767. The Hall–Kier alpha value is -1.18. The van der Waals surface area contributed by atoms with Crippen LogP contribution in [0, 0.1) is 0 Å². The summed E-state index contributed by atoms with van der Waals surface area (Å²) in [6.07, 6.45) is 0.222. The van der Waals surface area contributed by atoms with Gasteiger partial charge in [-0.2, -0.15) is 0 Å². The third-order valence-electron chi connectivity index (χ3n) is 1.62. The van der Waals surface area contributed by atoms with Crippen LogP contribution in [0.3, 0.4) is 0 Å². The summed E-state index contributed by atoms with van der Waals surface area (Å²) in [6.45, 7) is 7.05. The highest BCUT2D eigenvalue weighted by Gasteiger charge is 2.02. The number of rotatable bonds is 4. The van der Waals surface area contributed by atoms with Gasteiger partial charge in [0.1, 0.15) is 5.75 Å². The van der Waals surface area contributed by atoms with Crippen molar-refractivity contribution in [3.63, 3.8) is 0 Å². The molecule has 0 saturated heterocycles. The van der Waals surface area contributed by atoms with Gasteiger partial charge in [0.2, 0.25) is 0 Å². The van der Waals surface area contributed by atoms with Crippen LogP contribution in [-0.4, -0.2) is 12.6 Å². The molecule has 0 aromatic heterocycles. The van der Waals surface area contributed by atoms with E-state index in [0.29, 0.717) is 0 Å². The summed E-state index contributed by atoms with van der Waals surface area (Å²) in [5.74, 6) is 0.930. The van der Waals surface area contributed by atoms with Gasteiger partial charge in [0.05, 0.1) is 11.8 Å². The van der Waals surface area contributed by atoms with E-state index in [9.17, 15) is 0 Å². The van der Waals surface area contributed by atoms with Gasteiger partial charge in [0.15, 0.2) is 0 Å². The van der Waals surface area contributed by atoms with Crippen molar-refractivity contribution in [1.82, 2.24) is 0 Å². The van der Waals surface area contributed by atoms with Crippen LogP contribution in [0.5, 0.6) is 5.75 Å². The van der Waals surface area contributed by atoms with Gasteiger partial charge in [-0.25, -0.2) is 0 Å². The molecule has 0 bridgehead atoms. The molecule has 1 rings (SSSR count). The van der Waals surface area contributed by atoms with E-state index in [0.717, 1.165) is 18.0 Å². The number of para-hydroxylation sites is 2. The fourth-order valence-corrected chi connectivity index (χ4v) is 1.16. The molecule has 0 spiro atoms. The summed E-state index contributed by atoms with van der Waals surface area (Å²) in [5, 5.41) is 3.26. The van der Waals surface area contributed by atoms with E-state index in [1.54, 1.807) is 0 Å². The summed E-state index contributed by atoms with van der Waals surface area (Å²) in [4.78, 5) is 0. The lowest BCUT2D eigenvalue weighted by Crippen LogP contribution is -2.08. The summed E-state index contributed by atoms with van der Waals surface area (Å²) < 4.78 is 5.64. The summed E-state index contributed by atoms with van der Waals surface area (Å²) in [6, 6.07) is 8.00. The van der Waals surface area contributed by atoms with Gasteiger partial charge in [-0.05, 0) is 32.9 Å². The minimum atomic E-state index is 0.222. The Morgan fingerprint density at radius 2 is 2.00 bits per heavy atom. The lowest BCUT2D eigenvalue weighted by molar-refractivity contribution is 0.243. The molecule has 1 N–H and O–H groups in total. The van der Waals surface area contributed by atoms with Gasteiger partial charge in [-0.3, -0.25) is 0 Å². The minimum absolute atomic E-state index is 0.222. The highest BCUT2D eigenvalue weighted by Crippen LogP contribution is 2.24. The van der Waals surface area contributed by atoms with Gasteiger partial charge in [-0.15, -0.1) is 0 Å². The molecule has 0 fully saturated rings. The number of hydrogen-bond acceptors (Lipinski definition) is 2. The second-order valence-corrected chi connectivity index (χ2v) is 3.19. The Bertz CT molecular complexity index is 258. The third kappa shape index (κ3) is 2.98. The van der Waals surface area contributed by atoms with Gasteiger partial charge >= 0.3 is 0 Å². The lowest BCUT2D eigenvalue weighted by Gasteiger charge is -2.14. The molecule has 0 radical (unpaired) electrons. The van der Waals surface area contributed by atoms with Crippen LogP contribution in [0.25, 0.3) is 0 Å². The number of hydrogen-bond donors (Lipinski definition) is 1. The Kier molecular flexibility index (Phi) is 3.62. The highest BCUT2D eigenvalue weighted by atomic mass is 16.5. The molecule has 72 valence electrons. The Morgan fingerprint density at radius 3 is 2.62 bits per heavy atom. The van der Waals surface area contributed by atoms with E-state index >= 15 is 0 Å². The summed E-state index contributed by atoms with van der Waals surface area (Å²) >= 11 is 0. The molecule has 1 aromatic carbocycles. The monoisotopic (exact) mass is 179 g/mol. The molecular weight excluding hydrogens is 162 g/mol. The molecule has 0 aliphatic rings. The zero-order chi connectivity index (χ0) is 9.68. The van der Waals surface area contributed by atoms with Crippen LogP contribution in [0.2, 0.25) is 0 Å². The van der Waals surface area contributed by atoms with Crippen molar-refractivity contribution in [3.8, 4) is 5.75 Å². The second kappa shape index (κ2) is 4.75. The van der Waals surface area contributed by atoms with Crippen LogP contribution in [0.4, 0.5) is 5.69 Å². The van der Waals surface area contributed by atoms with E-state index in [1.807, 2.05) is 38.1 Å². The van der Waals surface area contributed by atoms with Crippen molar-refractivity contribution in [2.75, 3.05) is 11.9 Å². The Labute approximate surface area is 79.9 Å². The maximum Gasteiger partial charge on any atom is 0.142 e. The average molecular weight is 179 g/mol. The Morgan fingerprint density at radius 1 is 1.31 bits per heavy atom. The van der Waals surface area contributed by atoms with Crippen LogP contribution >= 0.6 is 0 Å². The number of benzene rings is 1. The first-order valence-electron chi connectivity index (χ1n) is 4.73. The fraction of sp³-hybridized carbons (Fsp3) is 0.455. The molecule has 2 nitrogen and oxygen atoms in total. The molecule has 0 unspecified atom stereocenters. The zero-order valence-corrected chi connectivity index (χ0v) is 8.50. The number of ether oxygens (including phenoxy) is 1. The largest absolute Gasteiger partial charge is 0.489 e. The first-order chi connectivity index (χ1) is 6.24. The van der Waals surface area contributed by atoms with Crippen molar-refractivity contribution in [1.29, 1.82) is 0 Å². The molecule has 0 saturated carbocycles. The third-order valence-corrected chi connectivity index (χ3v) is 1.62. The summed E-state index contributed by atoms with van der Waals surface area (Å²) in [5.41, 5.74) is 1.07. The van der Waals surface area contributed by atoms with Crippen molar-refractivity contribution in [3.05, 3.63) is 24.3 Å². The van der Waals surface area contributed by atoms with E-state index in [1.165, 1.54) is 0 Å². The first kappa shape index (κ1) is 9.90. The topological polar surface area (TPSA) is 21.3 Å². The van der Waals surface area contributed by atoms with Gasteiger partial charge in [0.25, 0.3) is 0 Å². The number of nitrogens with one attached hydrogen (secondary N) is 1. The van der Waals surface area contributed by atoms with Crippen molar-refractivity contribution < 1.29 is 4.74 Å². The van der Waals surface area contributed by atoms with E-state index < -0.39 is 0 Å². The van der Waals surface area contributed by atoms with Crippen molar-refractivity contribution in [2.45, 2.75) is 26.9 Å². The smallest absolute Gasteiger partial charge is 0.142 e. The average Bonchev–Trinajstić information content (AvgIpc) is 2.08. The standard InChI is InChI=1S/C11H17NO/c1-4-12-10-7-5-6-8-11(10)13-9(2)3/h5-9,12H,4H2,1-3H3. The molecule has 13 heavy (non-hydrogen) atoms. The van der Waals surface area contributed by atoms with Crippen molar-refractivity contribution >= 4 is 5.69 Å². The Balaban J connectivity index is 2.78. The van der Waals surface area contributed by atoms with Crippen LogP contribution < -0.4 is 10.1 Å².